The fraction of sp³-hybridized carbons (Fsp3) is 0.222. The Morgan fingerprint density at radius 2 is 1.83 bits per heavy atom. The molecule has 0 spiro atoms. The van der Waals surface area contributed by atoms with Gasteiger partial charge < -0.3 is 9.73 Å². The number of carbonyl (C=O) groups excluding carboxylic acids is 1. The monoisotopic (exact) mass is 342 g/mol. The predicted octanol–water partition coefficient (Wildman–Crippen LogP) is 2.89. The fourth-order valence-corrected chi connectivity index (χ4v) is 3.24. The van der Waals surface area contributed by atoms with Gasteiger partial charge in [0.05, 0.1) is 5.52 Å². The van der Waals surface area contributed by atoms with Gasteiger partial charge in [-0.25, -0.2) is 4.79 Å². The number of fused-ring (bicyclic) bond motifs is 1. The van der Waals surface area contributed by atoms with Crippen LogP contribution in [-0.4, -0.2) is 22.8 Å². The zero-order valence-electron chi connectivity index (χ0n) is 13.1. The van der Waals surface area contributed by atoms with Crippen LogP contribution in [0.5, 0.6) is 0 Å². The lowest BCUT2D eigenvalue weighted by atomic mass is 10.3. The quantitative estimate of drug-likeness (QED) is 0.530. The maximum Gasteiger partial charge on any atom is 0.420 e. The lowest BCUT2D eigenvalue weighted by Gasteiger charge is -2.06. The molecule has 0 aliphatic carbocycles. The van der Waals surface area contributed by atoms with Crippen molar-refractivity contribution in [2.24, 2.45) is 0 Å². The van der Waals surface area contributed by atoms with E-state index in [2.05, 4.69) is 17.4 Å². The van der Waals surface area contributed by atoms with Gasteiger partial charge in [-0.3, -0.25) is 9.36 Å². The van der Waals surface area contributed by atoms with Crippen LogP contribution in [0.4, 0.5) is 0 Å². The Morgan fingerprint density at radius 1 is 1.08 bits per heavy atom. The number of aromatic nitrogens is 1. The summed E-state index contributed by atoms with van der Waals surface area (Å²) in [6, 6.07) is 17.2. The number of nitrogens with zero attached hydrogens (tertiary/aromatic N) is 1. The molecule has 1 N–H and O–H groups in total. The van der Waals surface area contributed by atoms with Gasteiger partial charge in [-0.05, 0) is 36.4 Å². The molecule has 124 valence electrons. The number of hydrogen-bond acceptors (Lipinski definition) is 4. The highest BCUT2D eigenvalue weighted by Crippen LogP contribution is 2.17. The minimum atomic E-state index is -0.508. The number of rotatable bonds is 7. The van der Waals surface area contributed by atoms with E-state index in [9.17, 15) is 9.59 Å². The number of nitrogens with one attached hydrogen (secondary N) is 1. The molecule has 0 fully saturated rings. The minimum Gasteiger partial charge on any atom is -0.408 e. The van der Waals surface area contributed by atoms with Crippen LogP contribution in [0.1, 0.15) is 6.42 Å². The summed E-state index contributed by atoms with van der Waals surface area (Å²) in [7, 11) is 0. The number of thioether (sulfide) groups is 1. The first kappa shape index (κ1) is 16.4. The van der Waals surface area contributed by atoms with Crippen LogP contribution in [0.25, 0.3) is 11.1 Å². The Hall–Kier alpha value is -2.47. The van der Waals surface area contributed by atoms with Gasteiger partial charge in [0.15, 0.2) is 5.58 Å². The number of hydrogen-bond donors (Lipinski definition) is 1. The van der Waals surface area contributed by atoms with Gasteiger partial charge in [0.25, 0.3) is 0 Å². The standard InChI is InChI=1S/C18H18N2O3S/c21-17(19-11-6-12-24-14-7-2-1-3-8-14)13-20-15-9-4-5-10-16(15)23-18(20)22/h1-5,7-10H,6,11-13H2,(H,19,21). The molecule has 3 aromatic rings. The van der Waals surface area contributed by atoms with Crippen molar-refractivity contribution in [1.29, 1.82) is 0 Å². The number of amides is 1. The maximum atomic E-state index is 12.0. The third kappa shape index (κ3) is 4.08. The summed E-state index contributed by atoms with van der Waals surface area (Å²) in [6.45, 7) is 0.560. The summed E-state index contributed by atoms with van der Waals surface area (Å²) >= 11 is 1.76. The van der Waals surface area contributed by atoms with E-state index in [1.165, 1.54) is 9.46 Å². The molecule has 3 rings (SSSR count). The molecule has 1 heterocycles. The van der Waals surface area contributed by atoms with E-state index in [0.717, 1.165) is 12.2 Å². The number of carbonyl (C=O) groups is 1. The van der Waals surface area contributed by atoms with Gasteiger partial charge in [0.2, 0.25) is 5.91 Å². The average Bonchev–Trinajstić information content (AvgIpc) is 2.91. The number of benzene rings is 2. The number of para-hydroxylation sites is 2. The van der Waals surface area contributed by atoms with Gasteiger partial charge in [-0.15, -0.1) is 11.8 Å². The van der Waals surface area contributed by atoms with Crippen LogP contribution in [0, 0.1) is 0 Å². The first-order chi connectivity index (χ1) is 11.7. The van der Waals surface area contributed by atoms with Crippen LogP contribution >= 0.6 is 11.8 Å². The Kier molecular flexibility index (Phi) is 5.38. The molecule has 1 aromatic heterocycles. The Morgan fingerprint density at radius 3 is 2.67 bits per heavy atom. The molecule has 6 heteroatoms. The highest BCUT2D eigenvalue weighted by molar-refractivity contribution is 7.99. The van der Waals surface area contributed by atoms with Gasteiger partial charge in [-0.2, -0.15) is 0 Å². The van der Waals surface area contributed by atoms with E-state index in [1.807, 2.05) is 24.3 Å². The molecule has 0 bridgehead atoms. The first-order valence-corrected chi connectivity index (χ1v) is 8.75. The largest absolute Gasteiger partial charge is 0.420 e. The molecular weight excluding hydrogens is 324 g/mol. The van der Waals surface area contributed by atoms with Gasteiger partial charge in [0, 0.05) is 11.4 Å². The summed E-state index contributed by atoms with van der Waals surface area (Å²) in [6.07, 6.45) is 0.867. The zero-order valence-corrected chi connectivity index (χ0v) is 13.9. The molecule has 2 aromatic carbocycles. The number of oxazole rings is 1. The predicted molar refractivity (Wildman–Crippen MR) is 95.3 cm³/mol. The van der Waals surface area contributed by atoms with Crippen molar-refractivity contribution in [3.05, 3.63) is 65.1 Å². The molecule has 24 heavy (non-hydrogen) atoms. The van der Waals surface area contributed by atoms with E-state index in [4.69, 9.17) is 4.42 Å². The van der Waals surface area contributed by atoms with Crippen molar-refractivity contribution >= 4 is 28.8 Å². The van der Waals surface area contributed by atoms with Crippen LogP contribution in [0.3, 0.4) is 0 Å². The van der Waals surface area contributed by atoms with Crippen molar-refractivity contribution < 1.29 is 9.21 Å². The molecule has 1 amide bonds. The molecule has 0 saturated carbocycles. The van der Waals surface area contributed by atoms with Crippen LogP contribution in [0.15, 0.2) is 68.7 Å². The van der Waals surface area contributed by atoms with E-state index in [-0.39, 0.29) is 12.5 Å². The summed E-state index contributed by atoms with van der Waals surface area (Å²) in [5.41, 5.74) is 1.13. The maximum absolute atomic E-state index is 12.0. The molecule has 0 atom stereocenters. The normalized spacial score (nSPS) is 10.8. The molecule has 0 aliphatic rings. The second kappa shape index (κ2) is 7.88. The summed E-state index contributed by atoms with van der Waals surface area (Å²) in [5.74, 6) is 0.234. The minimum absolute atomic E-state index is 0.0261. The lowest BCUT2D eigenvalue weighted by molar-refractivity contribution is -0.121. The second-order valence-corrected chi connectivity index (χ2v) is 6.46. The topological polar surface area (TPSA) is 64.2 Å². The highest BCUT2D eigenvalue weighted by atomic mass is 32.2. The van der Waals surface area contributed by atoms with Crippen molar-refractivity contribution in [1.82, 2.24) is 9.88 Å². The van der Waals surface area contributed by atoms with Gasteiger partial charge >= 0.3 is 5.76 Å². The van der Waals surface area contributed by atoms with Crippen molar-refractivity contribution in [2.75, 3.05) is 12.3 Å². The van der Waals surface area contributed by atoms with E-state index < -0.39 is 5.76 Å². The van der Waals surface area contributed by atoms with Gasteiger partial charge in [0.1, 0.15) is 6.54 Å². The summed E-state index contributed by atoms with van der Waals surface area (Å²) < 4.78 is 6.47. The van der Waals surface area contributed by atoms with Crippen LogP contribution in [-0.2, 0) is 11.3 Å². The molecule has 0 unspecified atom stereocenters. The molecule has 5 nitrogen and oxygen atoms in total. The van der Waals surface area contributed by atoms with E-state index in [0.29, 0.717) is 17.6 Å². The Balaban J connectivity index is 1.46. The lowest BCUT2D eigenvalue weighted by Crippen LogP contribution is -2.31. The Bertz CT molecular complexity index is 871. The molecular formula is C18H18N2O3S. The first-order valence-electron chi connectivity index (χ1n) is 7.77. The van der Waals surface area contributed by atoms with Crippen LogP contribution in [0.2, 0.25) is 0 Å². The molecule has 0 aliphatic heterocycles. The molecule has 0 radical (unpaired) electrons. The third-order valence-electron chi connectivity index (χ3n) is 3.53. The summed E-state index contributed by atoms with van der Waals surface area (Å²) in [4.78, 5) is 25.1. The van der Waals surface area contributed by atoms with Crippen LogP contribution < -0.4 is 11.1 Å². The fourth-order valence-electron chi connectivity index (χ4n) is 2.37. The molecule has 0 saturated heterocycles. The SMILES string of the molecule is O=C(Cn1c(=O)oc2ccccc21)NCCCSc1ccccc1. The van der Waals surface area contributed by atoms with Crippen molar-refractivity contribution in [3.63, 3.8) is 0 Å². The smallest absolute Gasteiger partial charge is 0.408 e. The Labute approximate surface area is 143 Å². The van der Waals surface area contributed by atoms with E-state index in [1.54, 1.807) is 30.0 Å². The zero-order chi connectivity index (χ0) is 16.8. The van der Waals surface area contributed by atoms with Crippen molar-refractivity contribution in [3.8, 4) is 0 Å². The highest BCUT2D eigenvalue weighted by Gasteiger charge is 2.11. The second-order valence-electron chi connectivity index (χ2n) is 5.29. The summed E-state index contributed by atoms with van der Waals surface area (Å²) in [5, 5.41) is 2.85. The van der Waals surface area contributed by atoms with E-state index >= 15 is 0 Å². The average molecular weight is 342 g/mol. The van der Waals surface area contributed by atoms with Gasteiger partial charge in [-0.1, -0.05) is 30.3 Å². The third-order valence-corrected chi connectivity index (χ3v) is 4.63. The van der Waals surface area contributed by atoms with Crippen molar-refractivity contribution in [2.45, 2.75) is 17.9 Å².